The number of anilines is 1. The lowest BCUT2D eigenvalue weighted by molar-refractivity contribution is -0.270. The molecule has 0 radical (unpaired) electrons. The predicted molar refractivity (Wildman–Crippen MR) is 68.5 cm³/mol. The molecule has 2 N–H and O–H groups in total. The highest BCUT2D eigenvalue weighted by Crippen LogP contribution is 2.40. The van der Waals surface area contributed by atoms with Crippen LogP contribution in [0, 0.1) is 0 Å². The van der Waals surface area contributed by atoms with Gasteiger partial charge in [-0.25, -0.2) is 9.97 Å². The Morgan fingerprint density at radius 3 is 2.62 bits per heavy atom. The molecule has 0 aliphatic carbocycles. The third-order valence-corrected chi connectivity index (χ3v) is 3.44. The van der Waals surface area contributed by atoms with E-state index in [4.69, 9.17) is 0 Å². The molecule has 0 aliphatic heterocycles. The number of aliphatic hydroxyl groups is 1. The number of alkyl halides is 3. The van der Waals surface area contributed by atoms with Crippen LogP contribution in [0.2, 0.25) is 0 Å². The molecule has 0 saturated heterocycles. The minimum absolute atomic E-state index is 0.157. The van der Waals surface area contributed by atoms with Crippen molar-refractivity contribution in [3.8, 4) is 0 Å². The van der Waals surface area contributed by atoms with Gasteiger partial charge in [-0.1, -0.05) is 0 Å². The topological polar surface area (TPSA) is 80.0 Å². The summed E-state index contributed by atoms with van der Waals surface area (Å²) in [4.78, 5) is 19.0. The van der Waals surface area contributed by atoms with Crippen molar-refractivity contribution >= 4 is 22.4 Å². The molecule has 0 bridgehead atoms. The van der Waals surface area contributed by atoms with Crippen LogP contribution in [0.3, 0.4) is 0 Å². The Balaban J connectivity index is 2.26. The Labute approximate surface area is 121 Å². The van der Waals surface area contributed by atoms with Crippen LogP contribution in [0.15, 0.2) is 24.0 Å². The maximum absolute atomic E-state index is 13.2. The number of aromatic nitrogens is 3. The number of hydrogen-bond acceptors (Lipinski definition) is 5. The number of rotatable bonds is 4. The van der Waals surface area contributed by atoms with Crippen molar-refractivity contribution < 1.29 is 23.1 Å². The Bertz CT molecular complexity index is 626. The van der Waals surface area contributed by atoms with E-state index in [0.29, 0.717) is 0 Å². The van der Waals surface area contributed by atoms with E-state index in [-0.39, 0.29) is 5.13 Å². The smallest absolute Gasteiger partial charge is 0.374 e. The molecule has 1 amide bonds. The number of nitrogens with zero attached hydrogens (tertiary/aromatic N) is 3. The van der Waals surface area contributed by atoms with Crippen LogP contribution in [-0.2, 0) is 17.4 Å². The fourth-order valence-electron chi connectivity index (χ4n) is 1.75. The molecule has 2 aromatic rings. The van der Waals surface area contributed by atoms with Gasteiger partial charge >= 0.3 is 6.18 Å². The summed E-state index contributed by atoms with van der Waals surface area (Å²) in [6.07, 6.45) is -2.49. The normalized spacial score (nSPS) is 14.7. The van der Waals surface area contributed by atoms with E-state index in [1.807, 2.05) is 0 Å². The second-order valence-corrected chi connectivity index (χ2v) is 5.18. The molecule has 21 heavy (non-hydrogen) atoms. The van der Waals surface area contributed by atoms with Gasteiger partial charge in [0, 0.05) is 31.0 Å². The molecule has 0 saturated carbocycles. The van der Waals surface area contributed by atoms with E-state index in [1.165, 1.54) is 19.4 Å². The lowest BCUT2D eigenvalue weighted by Gasteiger charge is -2.29. The van der Waals surface area contributed by atoms with Crippen LogP contribution in [0.5, 0.6) is 0 Å². The number of hydrogen-bond donors (Lipinski definition) is 2. The Morgan fingerprint density at radius 2 is 2.14 bits per heavy atom. The number of halogens is 3. The molecule has 0 spiro atoms. The van der Waals surface area contributed by atoms with Crippen molar-refractivity contribution in [2.24, 2.45) is 7.05 Å². The highest BCUT2D eigenvalue weighted by Gasteiger charge is 2.58. The van der Waals surface area contributed by atoms with E-state index in [1.54, 1.807) is 5.38 Å². The molecular weight excluding hydrogens is 309 g/mol. The summed E-state index contributed by atoms with van der Waals surface area (Å²) in [6.45, 7) is 0. The molecule has 0 fully saturated rings. The highest BCUT2D eigenvalue weighted by molar-refractivity contribution is 7.13. The van der Waals surface area contributed by atoms with Gasteiger partial charge in [0.25, 0.3) is 0 Å². The largest absolute Gasteiger partial charge is 0.425 e. The number of carbonyl (C=O) groups is 1. The van der Waals surface area contributed by atoms with Gasteiger partial charge in [0.15, 0.2) is 11.0 Å². The highest BCUT2D eigenvalue weighted by atomic mass is 32.1. The van der Waals surface area contributed by atoms with Crippen LogP contribution >= 0.6 is 11.3 Å². The molecule has 2 heterocycles. The van der Waals surface area contributed by atoms with E-state index in [2.05, 4.69) is 15.3 Å². The van der Waals surface area contributed by atoms with E-state index < -0.39 is 29.9 Å². The first kappa shape index (κ1) is 15.4. The number of imidazole rings is 1. The first-order chi connectivity index (χ1) is 9.74. The molecule has 0 aromatic carbocycles. The number of nitrogens with one attached hydrogen (secondary N) is 1. The van der Waals surface area contributed by atoms with Gasteiger partial charge in [-0.3, -0.25) is 4.79 Å². The number of amides is 1. The average Bonchev–Trinajstić information content (AvgIpc) is 2.98. The van der Waals surface area contributed by atoms with Crippen LogP contribution in [0.4, 0.5) is 18.3 Å². The molecule has 0 aliphatic rings. The molecule has 6 nitrogen and oxygen atoms in total. The third-order valence-electron chi connectivity index (χ3n) is 2.76. The third kappa shape index (κ3) is 3.05. The zero-order chi connectivity index (χ0) is 15.7. The van der Waals surface area contributed by atoms with E-state index in [0.717, 1.165) is 22.1 Å². The first-order valence-electron chi connectivity index (χ1n) is 5.70. The number of aryl methyl sites for hydroxylation is 1. The van der Waals surface area contributed by atoms with Gasteiger partial charge in [0.1, 0.15) is 0 Å². The second-order valence-electron chi connectivity index (χ2n) is 4.28. The molecule has 2 rings (SSSR count). The fourth-order valence-corrected chi connectivity index (χ4v) is 2.30. The molecule has 2 aromatic heterocycles. The van der Waals surface area contributed by atoms with Gasteiger partial charge < -0.3 is 15.0 Å². The van der Waals surface area contributed by atoms with Crippen LogP contribution in [0.1, 0.15) is 12.2 Å². The first-order valence-corrected chi connectivity index (χ1v) is 6.58. The van der Waals surface area contributed by atoms with Gasteiger partial charge in [0.05, 0.1) is 6.42 Å². The zero-order valence-corrected chi connectivity index (χ0v) is 11.6. The summed E-state index contributed by atoms with van der Waals surface area (Å²) < 4.78 is 40.6. The molecule has 10 heteroatoms. The lowest BCUT2D eigenvalue weighted by Crippen LogP contribution is -2.46. The number of carbonyl (C=O) groups excluding carboxylic acids is 1. The Hall–Kier alpha value is -1.94. The summed E-state index contributed by atoms with van der Waals surface area (Å²) >= 11 is 1.06. The van der Waals surface area contributed by atoms with Gasteiger partial charge in [-0.15, -0.1) is 11.3 Å². The van der Waals surface area contributed by atoms with Gasteiger partial charge in [0.2, 0.25) is 11.5 Å². The zero-order valence-electron chi connectivity index (χ0n) is 10.8. The lowest BCUT2D eigenvalue weighted by atomic mass is 9.97. The van der Waals surface area contributed by atoms with Crippen molar-refractivity contribution in [1.29, 1.82) is 0 Å². The monoisotopic (exact) mass is 320 g/mol. The standard InChI is InChI=1S/C11H11F3N4O2S/c1-18-4-2-15-8(18)10(20,11(12,13)14)6-7(19)17-9-16-3-5-21-9/h2-5,20H,6H2,1H3,(H,16,17,19). The Kier molecular flexibility index (Phi) is 4.01. The maximum Gasteiger partial charge on any atom is 0.425 e. The summed E-state index contributed by atoms with van der Waals surface area (Å²) in [5.41, 5.74) is -3.37. The molecule has 1 atom stereocenters. The summed E-state index contributed by atoms with van der Waals surface area (Å²) in [7, 11) is 1.30. The minimum Gasteiger partial charge on any atom is -0.374 e. The van der Waals surface area contributed by atoms with Crippen LogP contribution in [-0.4, -0.2) is 31.7 Å². The van der Waals surface area contributed by atoms with Crippen molar-refractivity contribution in [2.45, 2.75) is 18.2 Å². The number of thiazole rings is 1. The van der Waals surface area contributed by atoms with E-state index >= 15 is 0 Å². The average molecular weight is 320 g/mol. The van der Waals surface area contributed by atoms with Gasteiger partial charge in [-0.2, -0.15) is 13.2 Å². The van der Waals surface area contributed by atoms with Gasteiger partial charge in [-0.05, 0) is 0 Å². The summed E-state index contributed by atoms with van der Waals surface area (Å²) in [5.74, 6) is -1.66. The molecule has 114 valence electrons. The van der Waals surface area contributed by atoms with Crippen molar-refractivity contribution in [2.75, 3.05) is 5.32 Å². The van der Waals surface area contributed by atoms with E-state index in [9.17, 15) is 23.1 Å². The SMILES string of the molecule is Cn1ccnc1C(O)(CC(=O)Nc1nccs1)C(F)(F)F. The van der Waals surface area contributed by atoms with Crippen LogP contribution < -0.4 is 5.32 Å². The second kappa shape index (κ2) is 5.45. The van der Waals surface area contributed by atoms with Crippen molar-refractivity contribution in [1.82, 2.24) is 14.5 Å². The van der Waals surface area contributed by atoms with Crippen molar-refractivity contribution in [3.63, 3.8) is 0 Å². The van der Waals surface area contributed by atoms with Crippen molar-refractivity contribution in [3.05, 3.63) is 29.8 Å². The molecular formula is C11H11F3N4O2S. The Morgan fingerprint density at radius 1 is 1.43 bits per heavy atom. The fraction of sp³-hybridized carbons (Fsp3) is 0.364. The minimum atomic E-state index is -5.05. The quantitative estimate of drug-likeness (QED) is 0.898. The summed E-state index contributed by atoms with van der Waals surface area (Å²) in [6, 6.07) is 0. The van der Waals surface area contributed by atoms with Crippen LogP contribution in [0.25, 0.3) is 0 Å². The maximum atomic E-state index is 13.2. The molecule has 1 unspecified atom stereocenters. The predicted octanol–water partition coefficient (Wildman–Crippen LogP) is 1.66. The summed E-state index contributed by atoms with van der Waals surface area (Å²) in [5, 5.41) is 13.9.